The highest BCUT2D eigenvalue weighted by molar-refractivity contribution is 7.89. The number of non-ortho nitro benzene ring substituents is 1. The Hall–Kier alpha value is -2.23. The Morgan fingerprint density at radius 3 is 2.19 bits per heavy atom. The molecular weight excluding hydrogens is 385 g/mol. The van der Waals surface area contributed by atoms with Crippen LogP contribution < -0.4 is 4.90 Å². The molecule has 0 aliphatic carbocycles. The van der Waals surface area contributed by atoms with Crippen LogP contribution in [-0.4, -0.2) is 43.8 Å². The Kier molecular flexibility index (Phi) is 5.12. The number of nitrogens with zero attached hydrogens (tertiary/aromatic N) is 3. The summed E-state index contributed by atoms with van der Waals surface area (Å²) in [5.41, 5.74) is -0.102. The third kappa shape index (κ3) is 3.64. The number of rotatable bonds is 4. The number of anilines is 1. The molecule has 2 aromatic rings. The first-order valence-electron chi connectivity index (χ1n) is 7.73. The lowest BCUT2D eigenvalue weighted by atomic mass is 10.2. The topological polar surface area (TPSA) is 83.8 Å². The van der Waals surface area contributed by atoms with Crippen molar-refractivity contribution in [2.75, 3.05) is 31.1 Å². The Balaban J connectivity index is 1.73. The number of benzene rings is 2. The van der Waals surface area contributed by atoms with E-state index in [1.54, 1.807) is 4.90 Å². The van der Waals surface area contributed by atoms with Crippen molar-refractivity contribution in [2.45, 2.75) is 4.90 Å². The van der Waals surface area contributed by atoms with Gasteiger partial charge in [-0.05, 0) is 30.3 Å². The molecule has 1 aliphatic heterocycles. The molecule has 1 fully saturated rings. The predicted octanol–water partition coefficient (Wildman–Crippen LogP) is 2.90. The van der Waals surface area contributed by atoms with Crippen molar-refractivity contribution in [3.05, 3.63) is 63.4 Å². The molecule has 0 aromatic heterocycles. The van der Waals surface area contributed by atoms with E-state index in [0.717, 1.165) is 6.07 Å². The van der Waals surface area contributed by atoms with Crippen molar-refractivity contribution in [2.24, 2.45) is 0 Å². The van der Waals surface area contributed by atoms with Crippen LogP contribution in [0.25, 0.3) is 0 Å². The molecule has 26 heavy (non-hydrogen) atoms. The van der Waals surface area contributed by atoms with Gasteiger partial charge in [-0.15, -0.1) is 0 Å². The lowest BCUT2D eigenvalue weighted by molar-refractivity contribution is -0.385. The van der Waals surface area contributed by atoms with E-state index < -0.39 is 20.8 Å². The number of nitro benzene ring substituents is 1. The van der Waals surface area contributed by atoms with Crippen LogP contribution in [0.15, 0.2) is 47.4 Å². The summed E-state index contributed by atoms with van der Waals surface area (Å²) in [6, 6.07) is 9.35. The molecule has 3 rings (SSSR count). The minimum atomic E-state index is -3.65. The Morgan fingerprint density at radius 1 is 1.04 bits per heavy atom. The van der Waals surface area contributed by atoms with Crippen LogP contribution in [0.3, 0.4) is 0 Å². The van der Waals surface area contributed by atoms with E-state index in [1.807, 2.05) is 0 Å². The smallest absolute Gasteiger partial charge is 0.272 e. The van der Waals surface area contributed by atoms with Crippen LogP contribution in [0.4, 0.5) is 15.8 Å². The monoisotopic (exact) mass is 399 g/mol. The Bertz CT molecular complexity index is 929. The Morgan fingerprint density at radius 2 is 1.65 bits per heavy atom. The standard InChI is InChI=1S/C16H15ClFN3O4S/c17-12-1-4-14(5-2-12)26(24,25)20-9-7-19(8-10-20)16-6-3-13(21(22)23)11-15(16)18/h1-6,11H,7-10H2. The maximum absolute atomic E-state index is 14.1. The van der Waals surface area contributed by atoms with E-state index in [4.69, 9.17) is 11.6 Å². The largest absolute Gasteiger partial charge is 0.367 e. The molecule has 0 saturated carbocycles. The van der Waals surface area contributed by atoms with Crippen molar-refractivity contribution in [3.8, 4) is 0 Å². The molecule has 1 saturated heterocycles. The summed E-state index contributed by atoms with van der Waals surface area (Å²) in [5.74, 6) is -0.701. The van der Waals surface area contributed by atoms with Gasteiger partial charge in [0.2, 0.25) is 10.0 Å². The van der Waals surface area contributed by atoms with E-state index in [-0.39, 0.29) is 42.4 Å². The highest BCUT2D eigenvalue weighted by atomic mass is 35.5. The van der Waals surface area contributed by atoms with Crippen LogP contribution in [0.5, 0.6) is 0 Å². The molecule has 0 unspecified atom stereocenters. The molecule has 0 N–H and O–H groups in total. The van der Waals surface area contributed by atoms with E-state index in [9.17, 15) is 22.9 Å². The van der Waals surface area contributed by atoms with Crippen LogP contribution in [0, 0.1) is 15.9 Å². The summed E-state index contributed by atoms with van der Waals surface area (Å²) in [7, 11) is -3.65. The highest BCUT2D eigenvalue weighted by Gasteiger charge is 2.29. The first kappa shape index (κ1) is 18.6. The normalized spacial score (nSPS) is 15.8. The summed E-state index contributed by atoms with van der Waals surface area (Å²) in [5, 5.41) is 11.1. The van der Waals surface area contributed by atoms with Crippen LogP contribution in [-0.2, 0) is 10.0 Å². The van der Waals surface area contributed by atoms with Gasteiger partial charge in [0.25, 0.3) is 5.69 Å². The fraction of sp³-hybridized carbons (Fsp3) is 0.250. The molecule has 0 bridgehead atoms. The van der Waals surface area contributed by atoms with Crippen molar-refractivity contribution in [1.82, 2.24) is 4.31 Å². The van der Waals surface area contributed by atoms with E-state index in [1.165, 1.54) is 40.7 Å². The summed E-state index contributed by atoms with van der Waals surface area (Å²) < 4.78 is 40.8. The van der Waals surface area contributed by atoms with Crippen molar-refractivity contribution < 1.29 is 17.7 Å². The number of sulfonamides is 1. The zero-order valence-corrected chi connectivity index (χ0v) is 15.1. The van der Waals surface area contributed by atoms with Crippen molar-refractivity contribution in [3.63, 3.8) is 0 Å². The molecule has 138 valence electrons. The molecule has 0 spiro atoms. The first-order valence-corrected chi connectivity index (χ1v) is 9.55. The molecule has 1 heterocycles. The maximum Gasteiger partial charge on any atom is 0.272 e. The molecule has 0 atom stereocenters. The fourth-order valence-corrected chi connectivity index (χ4v) is 4.34. The van der Waals surface area contributed by atoms with Gasteiger partial charge < -0.3 is 4.90 Å². The van der Waals surface area contributed by atoms with Gasteiger partial charge in [0.05, 0.1) is 21.6 Å². The molecule has 0 radical (unpaired) electrons. The van der Waals surface area contributed by atoms with Gasteiger partial charge in [0.1, 0.15) is 0 Å². The quantitative estimate of drug-likeness (QED) is 0.583. The average Bonchev–Trinajstić information content (AvgIpc) is 2.62. The van der Waals surface area contributed by atoms with Gasteiger partial charge in [0.15, 0.2) is 5.82 Å². The average molecular weight is 400 g/mol. The van der Waals surface area contributed by atoms with E-state index in [2.05, 4.69) is 0 Å². The van der Waals surface area contributed by atoms with Gasteiger partial charge in [0, 0.05) is 37.3 Å². The van der Waals surface area contributed by atoms with E-state index in [0.29, 0.717) is 5.02 Å². The third-order valence-corrected chi connectivity index (χ3v) is 6.34. The lowest BCUT2D eigenvalue weighted by Crippen LogP contribution is -2.48. The number of hydrogen-bond donors (Lipinski definition) is 0. The third-order valence-electron chi connectivity index (χ3n) is 4.17. The van der Waals surface area contributed by atoms with Crippen molar-refractivity contribution in [1.29, 1.82) is 0 Å². The first-order chi connectivity index (χ1) is 12.3. The summed E-state index contributed by atoms with van der Waals surface area (Å²) in [6.07, 6.45) is 0. The molecule has 10 heteroatoms. The number of halogens is 2. The van der Waals surface area contributed by atoms with E-state index >= 15 is 0 Å². The number of piperazine rings is 1. The SMILES string of the molecule is O=[N+]([O-])c1ccc(N2CCN(S(=O)(=O)c3ccc(Cl)cc3)CC2)c(F)c1. The second kappa shape index (κ2) is 7.18. The fourth-order valence-electron chi connectivity index (χ4n) is 2.79. The predicted molar refractivity (Wildman–Crippen MR) is 95.5 cm³/mol. The second-order valence-electron chi connectivity index (χ2n) is 5.74. The van der Waals surface area contributed by atoms with Gasteiger partial charge in [-0.25, -0.2) is 12.8 Å². The summed E-state index contributed by atoms with van der Waals surface area (Å²) >= 11 is 5.79. The molecular formula is C16H15ClFN3O4S. The summed E-state index contributed by atoms with van der Waals surface area (Å²) in [4.78, 5) is 11.9. The van der Waals surface area contributed by atoms with Gasteiger partial charge in [-0.2, -0.15) is 4.31 Å². The summed E-state index contributed by atoms with van der Waals surface area (Å²) in [6.45, 7) is 0.922. The molecule has 1 aliphatic rings. The zero-order chi connectivity index (χ0) is 18.9. The van der Waals surface area contributed by atoms with Gasteiger partial charge in [-0.3, -0.25) is 10.1 Å². The molecule has 7 nitrogen and oxygen atoms in total. The second-order valence-corrected chi connectivity index (χ2v) is 8.11. The highest BCUT2D eigenvalue weighted by Crippen LogP contribution is 2.26. The van der Waals surface area contributed by atoms with Crippen LogP contribution in [0.2, 0.25) is 5.02 Å². The lowest BCUT2D eigenvalue weighted by Gasteiger charge is -2.35. The maximum atomic E-state index is 14.1. The molecule has 0 amide bonds. The van der Waals surface area contributed by atoms with Gasteiger partial charge >= 0.3 is 0 Å². The minimum absolute atomic E-state index is 0.150. The number of hydrogen-bond acceptors (Lipinski definition) is 5. The van der Waals surface area contributed by atoms with Crippen LogP contribution in [0.1, 0.15) is 0 Å². The van der Waals surface area contributed by atoms with Gasteiger partial charge in [-0.1, -0.05) is 11.6 Å². The van der Waals surface area contributed by atoms with Crippen molar-refractivity contribution >= 4 is 33.0 Å². The number of nitro groups is 1. The minimum Gasteiger partial charge on any atom is -0.367 e. The molecule has 2 aromatic carbocycles. The van der Waals surface area contributed by atoms with Crippen LogP contribution >= 0.6 is 11.6 Å². The Labute approximate surface area is 154 Å². The zero-order valence-electron chi connectivity index (χ0n) is 13.5.